The summed E-state index contributed by atoms with van der Waals surface area (Å²) in [5, 5.41) is 3.44. The van der Waals surface area contributed by atoms with Crippen LogP contribution in [0, 0.1) is 17.8 Å². The van der Waals surface area contributed by atoms with Gasteiger partial charge in [0.2, 0.25) is 0 Å². The molecule has 0 bridgehead atoms. The minimum Gasteiger partial charge on any atom is -0.385 e. The summed E-state index contributed by atoms with van der Waals surface area (Å²) in [4.78, 5) is 0. The van der Waals surface area contributed by atoms with Crippen molar-refractivity contribution in [3.63, 3.8) is 0 Å². The van der Waals surface area contributed by atoms with Crippen LogP contribution in [0.2, 0.25) is 0 Å². The highest BCUT2D eigenvalue weighted by Gasteiger charge is 2.23. The molecule has 0 radical (unpaired) electrons. The van der Waals surface area contributed by atoms with Gasteiger partial charge in [-0.25, -0.2) is 0 Å². The molecule has 2 nitrogen and oxygen atoms in total. The molecule has 14 heavy (non-hydrogen) atoms. The molecule has 0 heterocycles. The van der Waals surface area contributed by atoms with Crippen molar-refractivity contribution in [2.75, 3.05) is 20.8 Å². The second kappa shape index (κ2) is 7.24. The van der Waals surface area contributed by atoms with Crippen molar-refractivity contribution in [2.24, 2.45) is 17.8 Å². The predicted molar refractivity (Wildman–Crippen MR) is 62.5 cm³/mol. The zero-order valence-corrected chi connectivity index (χ0v) is 10.6. The van der Waals surface area contributed by atoms with Crippen molar-refractivity contribution in [1.29, 1.82) is 0 Å². The smallest absolute Gasteiger partial charge is 0.0465 e. The first-order valence-corrected chi connectivity index (χ1v) is 5.70. The average molecular weight is 201 g/mol. The summed E-state index contributed by atoms with van der Waals surface area (Å²) in [5.41, 5.74) is 0. The van der Waals surface area contributed by atoms with E-state index in [4.69, 9.17) is 4.74 Å². The zero-order chi connectivity index (χ0) is 11.1. The molecule has 0 saturated heterocycles. The molecule has 0 aromatic heterocycles. The van der Waals surface area contributed by atoms with Crippen LogP contribution < -0.4 is 5.32 Å². The quantitative estimate of drug-likeness (QED) is 0.683. The Morgan fingerprint density at radius 3 is 2.07 bits per heavy atom. The van der Waals surface area contributed by atoms with Crippen molar-refractivity contribution >= 4 is 0 Å². The lowest BCUT2D eigenvalue weighted by Crippen LogP contribution is -2.40. The summed E-state index contributed by atoms with van der Waals surface area (Å²) in [6.07, 6.45) is 1.14. The molecule has 0 aromatic rings. The topological polar surface area (TPSA) is 21.3 Å². The maximum absolute atomic E-state index is 5.12. The summed E-state index contributed by atoms with van der Waals surface area (Å²) in [6, 6.07) is 0.602. The molecule has 3 atom stereocenters. The van der Waals surface area contributed by atoms with Crippen molar-refractivity contribution in [3.8, 4) is 0 Å². The van der Waals surface area contributed by atoms with E-state index >= 15 is 0 Å². The van der Waals surface area contributed by atoms with E-state index in [1.165, 1.54) is 0 Å². The third-order valence-electron chi connectivity index (χ3n) is 3.34. The van der Waals surface area contributed by atoms with Gasteiger partial charge in [-0.15, -0.1) is 0 Å². The number of hydrogen-bond donors (Lipinski definition) is 1. The van der Waals surface area contributed by atoms with Crippen LogP contribution in [0.3, 0.4) is 0 Å². The van der Waals surface area contributed by atoms with E-state index in [1.54, 1.807) is 7.11 Å². The third kappa shape index (κ3) is 4.43. The Morgan fingerprint density at radius 1 is 1.14 bits per heavy atom. The second-order valence-corrected chi connectivity index (χ2v) is 4.68. The standard InChI is InChI=1S/C12H27NO/c1-9(2)11(4)12(13-5)10(3)7-8-14-6/h9-13H,7-8H2,1-6H3. The van der Waals surface area contributed by atoms with E-state index in [0.29, 0.717) is 17.9 Å². The Bertz CT molecular complexity index is 136. The number of ether oxygens (including phenoxy) is 1. The zero-order valence-electron chi connectivity index (χ0n) is 10.6. The molecule has 0 rings (SSSR count). The number of hydrogen-bond acceptors (Lipinski definition) is 2. The van der Waals surface area contributed by atoms with Gasteiger partial charge in [-0.05, 0) is 31.2 Å². The van der Waals surface area contributed by atoms with E-state index in [2.05, 4.69) is 40.1 Å². The van der Waals surface area contributed by atoms with Crippen LogP contribution in [0.4, 0.5) is 0 Å². The summed E-state index contributed by atoms with van der Waals surface area (Å²) < 4.78 is 5.12. The highest BCUT2D eigenvalue weighted by Crippen LogP contribution is 2.22. The summed E-state index contributed by atoms with van der Waals surface area (Å²) in [7, 11) is 3.83. The van der Waals surface area contributed by atoms with Crippen molar-refractivity contribution < 1.29 is 4.74 Å². The number of rotatable bonds is 7. The molecular weight excluding hydrogens is 174 g/mol. The third-order valence-corrected chi connectivity index (χ3v) is 3.34. The first-order chi connectivity index (χ1) is 6.54. The van der Waals surface area contributed by atoms with Crippen LogP contribution in [-0.2, 0) is 4.74 Å². The van der Waals surface area contributed by atoms with Gasteiger partial charge in [-0.2, -0.15) is 0 Å². The summed E-state index contributed by atoms with van der Waals surface area (Å²) >= 11 is 0. The van der Waals surface area contributed by atoms with E-state index < -0.39 is 0 Å². The Labute approximate surface area is 89.4 Å². The van der Waals surface area contributed by atoms with Gasteiger partial charge in [0.25, 0.3) is 0 Å². The van der Waals surface area contributed by atoms with Crippen molar-refractivity contribution in [1.82, 2.24) is 5.32 Å². The van der Waals surface area contributed by atoms with Crippen LogP contribution in [0.15, 0.2) is 0 Å². The Kier molecular flexibility index (Phi) is 7.20. The lowest BCUT2D eigenvalue weighted by atomic mass is 9.82. The summed E-state index contributed by atoms with van der Waals surface area (Å²) in [5.74, 6) is 2.13. The fourth-order valence-electron chi connectivity index (χ4n) is 1.96. The molecule has 0 aliphatic rings. The van der Waals surface area contributed by atoms with Crippen LogP contribution in [0.5, 0.6) is 0 Å². The monoisotopic (exact) mass is 201 g/mol. The second-order valence-electron chi connectivity index (χ2n) is 4.68. The van der Waals surface area contributed by atoms with Crippen LogP contribution >= 0.6 is 0 Å². The van der Waals surface area contributed by atoms with E-state index in [-0.39, 0.29) is 0 Å². The first-order valence-electron chi connectivity index (χ1n) is 5.70. The molecule has 0 aliphatic carbocycles. The van der Waals surface area contributed by atoms with Gasteiger partial charge in [0.1, 0.15) is 0 Å². The number of nitrogens with one attached hydrogen (secondary N) is 1. The van der Waals surface area contributed by atoms with Gasteiger partial charge in [0.15, 0.2) is 0 Å². The highest BCUT2D eigenvalue weighted by atomic mass is 16.5. The molecule has 0 fully saturated rings. The molecule has 86 valence electrons. The highest BCUT2D eigenvalue weighted by molar-refractivity contribution is 4.79. The van der Waals surface area contributed by atoms with Crippen LogP contribution in [-0.4, -0.2) is 26.8 Å². The van der Waals surface area contributed by atoms with Crippen molar-refractivity contribution in [3.05, 3.63) is 0 Å². The van der Waals surface area contributed by atoms with Gasteiger partial charge >= 0.3 is 0 Å². The average Bonchev–Trinajstić information content (AvgIpc) is 2.15. The molecule has 1 N–H and O–H groups in total. The molecular formula is C12H27NO. The van der Waals surface area contributed by atoms with Gasteiger partial charge in [-0.1, -0.05) is 27.7 Å². The Morgan fingerprint density at radius 2 is 1.71 bits per heavy atom. The minimum atomic E-state index is 0.602. The van der Waals surface area contributed by atoms with E-state index in [9.17, 15) is 0 Å². The molecule has 3 unspecified atom stereocenters. The normalized spacial score (nSPS) is 18.2. The fraction of sp³-hybridized carbons (Fsp3) is 1.00. The lowest BCUT2D eigenvalue weighted by molar-refractivity contribution is 0.154. The molecule has 0 spiro atoms. The fourth-order valence-corrected chi connectivity index (χ4v) is 1.96. The largest absolute Gasteiger partial charge is 0.385 e. The SMILES string of the molecule is CNC(C(C)CCOC)C(C)C(C)C. The molecule has 0 amide bonds. The molecule has 2 heteroatoms. The van der Waals surface area contributed by atoms with Gasteiger partial charge in [0.05, 0.1) is 0 Å². The van der Waals surface area contributed by atoms with Gasteiger partial charge in [-0.3, -0.25) is 0 Å². The van der Waals surface area contributed by atoms with Crippen LogP contribution in [0.1, 0.15) is 34.1 Å². The maximum atomic E-state index is 5.12. The summed E-state index contributed by atoms with van der Waals surface area (Å²) in [6.45, 7) is 10.1. The van der Waals surface area contributed by atoms with Crippen LogP contribution in [0.25, 0.3) is 0 Å². The Hall–Kier alpha value is -0.0800. The minimum absolute atomic E-state index is 0.602. The maximum Gasteiger partial charge on any atom is 0.0465 e. The first kappa shape index (κ1) is 13.9. The lowest BCUT2D eigenvalue weighted by Gasteiger charge is -2.31. The molecule has 0 aliphatic heterocycles. The predicted octanol–water partition coefficient (Wildman–Crippen LogP) is 2.54. The van der Waals surface area contributed by atoms with Crippen molar-refractivity contribution in [2.45, 2.75) is 40.2 Å². The molecule has 0 saturated carbocycles. The van der Waals surface area contributed by atoms with Gasteiger partial charge < -0.3 is 10.1 Å². The van der Waals surface area contributed by atoms with Gasteiger partial charge in [0, 0.05) is 19.8 Å². The Balaban J connectivity index is 4.10. The molecule has 0 aromatic carbocycles. The van der Waals surface area contributed by atoms with E-state index in [1.807, 2.05) is 0 Å². The van der Waals surface area contributed by atoms with E-state index in [0.717, 1.165) is 18.9 Å². The number of methoxy groups -OCH3 is 1.